The largest absolute Gasteiger partial charge is 0.496 e. The molecule has 0 aliphatic rings. The van der Waals surface area contributed by atoms with E-state index >= 15 is 0 Å². The van der Waals surface area contributed by atoms with Crippen molar-refractivity contribution in [3.05, 3.63) is 58.9 Å². The Labute approximate surface area is 129 Å². The van der Waals surface area contributed by atoms with Crippen molar-refractivity contribution in [2.75, 3.05) is 7.11 Å². The second-order valence-corrected chi connectivity index (χ2v) is 5.22. The molecule has 1 unspecified atom stereocenters. The Morgan fingerprint density at radius 1 is 1.43 bits per heavy atom. The van der Waals surface area contributed by atoms with Gasteiger partial charge >= 0.3 is 0 Å². The zero-order chi connectivity index (χ0) is 15.2. The molecule has 0 aliphatic carbocycles. The fourth-order valence-corrected chi connectivity index (χ4v) is 2.24. The van der Waals surface area contributed by atoms with Crippen molar-refractivity contribution in [3.63, 3.8) is 0 Å². The number of rotatable bonds is 5. The van der Waals surface area contributed by atoms with E-state index in [2.05, 4.69) is 10.3 Å². The third-order valence-electron chi connectivity index (χ3n) is 3.05. The van der Waals surface area contributed by atoms with Crippen LogP contribution in [-0.4, -0.2) is 24.0 Å². The first kappa shape index (κ1) is 15.3. The highest BCUT2D eigenvalue weighted by Gasteiger charge is 2.15. The summed E-state index contributed by atoms with van der Waals surface area (Å²) in [5.41, 5.74) is 1.55. The Morgan fingerprint density at radius 2 is 2.24 bits per heavy atom. The fourth-order valence-electron chi connectivity index (χ4n) is 2.08. The zero-order valence-corrected chi connectivity index (χ0v) is 12.7. The summed E-state index contributed by atoms with van der Waals surface area (Å²) in [4.78, 5) is 16.4. The van der Waals surface area contributed by atoms with E-state index in [4.69, 9.17) is 16.3 Å². The van der Waals surface area contributed by atoms with Crippen LogP contribution >= 0.6 is 11.6 Å². The Kier molecular flexibility index (Phi) is 5.17. The molecule has 4 nitrogen and oxygen atoms in total. The van der Waals surface area contributed by atoms with Crippen LogP contribution in [-0.2, 0) is 6.42 Å². The number of halogens is 1. The van der Waals surface area contributed by atoms with Gasteiger partial charge in [-0.2, -0.15) is 0 Å². The minimum Gasteiger partial charge on any atom is -0.496 e. The molecule has 0 aliphatic heterocycles. The highest BCUT2D eigenvalue weighted by molar-refractivity contribution is 6.30. The van der Waals surface area contributed by atoms with Crippen molar-refractivity contribution in [2.45, 2.75) is 19.4 Å². The van der Waals surface area contributed by atoms with Crippen LogP contribution in [0.15, 0.2) is 42.7 Å². The van der Waals surface area contributed by atoms with E-state index in [0.717, 1.165) is 12.0 Å². The lowest BCUT2D eigenvalue weighted by Crippen LogP contribution is -2.34. The van der Waals surface area contributed by atoms with Crippen molar-refractivity contribution in [1.82, 2.24) is 10.3 Å². The Balaban J connectivity index is 2.04. The molecular weight excluding hydrogens is 288 g/mol. The molecule has 5 heteroatoms. The number of benzene rings is 1. The topological polar surface area (TPSA) is 51.2 Å². The van der Waals surface area contributed by atoms with E-state index in [0.29, 0.717) is 16.3 Å². The number of nitrogens with one attached hydrogen (secondary N) is 1. The summed E-state index contributed by atoms with van der Waals surface area (Å²) >= 11 is 5.89. The first-order valence-electron chi connectivity index (χ1n) is 6.63. The molecule has 1 amide bonds. The lowest BCUT2D eigenvalue weighted by Gasteiger charge is -2.15. The average molecular weight is 305 g/mol. The molecule has 1 heterocycles. The second kappa shape index (κ2) is 7.09. The summed E-state index contributed by atoms with van der Waals surface area (Å²) < 4.78 is 5.19. The van der Waals surface area contributed by atoms with Gasteiger partial charge in [0.25, 0.3) is 5.91 Å². The SMILES string of the molecule is COc1cc(Cl)ccc1C(=O)NC(C)Cc1cccnc1. The van der Waals surface area contributed by atoms with E-state index in [1.54, 1.807) is 30.6 Å². The van der Waals surface area contributed by atoms with Crippen molar-refractivity contribution in [1.29, 1.82) is 0 Å². The second-order valence-electron chi connectivity index (χ2n) is 4.78. The van der Waals surface area contributed by atoms with Crippen LogP contribution in [0, 0.1) is 0 Å². The van der Waals surface area contributed by atoms with Crippen LogP contribution in [0.4, 0.5) is 0 Å². The smallest absolute Gasteiger partial charge is 0.255 e. The molecule has 0 bridgehead atoms. The maximum atomic E-state index is 12.3. The first-order chi connectivity index (χ1) is 10.1. The third-order valence-corrected chi connectivity index (χ3v) is 3.29. The van der Waals surface area contributed by atoms with Crippen LogP contribution in [0.1, 0.15) is 22.8 Å². The molecule has 0 saturated heterocycles. The number of nitrogens with zero attached hydrogens (tertiary/aromatic N) is 1. The number of methoxy groups -OCH3 is 1. The lowest BCUT2D eigenvalue weighted by molar-refractivity contribution is 0.0937. The van der Waals surface area contributed by atoms with Gasteiger partial charge in [-0.15, -0.1) is 0 Å². The van der Waals surface area contributed by atoms with Crippen LogP contribution in [0.25, 0.3) is 0 Å². The van der Waals surface area contributed by atoms with Crippen LogP contribution in [0.3, 0.4) is 0 Å². The molecule has 2 aromatic rings. The maximum absolute atomic E-state index is 12.3. The number of amides is 1. The minimum atomic E-state index is -0.181. The van der Waals surface area contributed by atoms with Crippen molar-refractivity contribution >= 4 is 17.5 Å². The monoisotopic (exact) mass is 304 g/mol. The van der Waals surface area contributed by atoms with Gasteiger partial charge in [-0.05, 0) is 43.2 Å². The Bertz CT molecular complexity index is 617. The van der Waals surface area contributed by atoms with Crippen LogP contribution in [0.5, 0.6) is 5.75 Å². The Morgan fingerprint density at radius 3 is 2.90 bits per heavy atom. The molecular formula is C16H17ClN2O2. The molecule has 1 aromatic heterocycles. The third kappa shape index (κ3) is 4.20. The summed E-state index contributed by atoms with van der Waals surface area (Å²) in [5, 5.41) is 3.48. The molecule has 0 saturated carbocycles. The van der Waals surface area contributed by atoms with Gasteiger partial charge in [-0.3, -0.25) is 9.78 Å². The summed E-state index contributed by atoms with van der Waals surface area (Å²) in [6.07, 6.45) is 4.24. The van der Waals surface area contributed by atoms with Gasteiger partial charge in [0.1, 0.15) is 5.75 Å². The lowest BCUT2D eigenvalue weighted by atomic mass is 10.1. The summed E-state index contributed by atoms with van der Waals surface area (Å²) in [7, 11) is 1.52. The highest BCUT2D eigenvalue weighted by atomic mass is 35.5. The molecule has 1 aromatic carbocycles. The van der Waals surface area contributed by atoms with E-state index < -0.39 is 0 Å². The van der Waals surface area contributed by atoms with Gasteiger partial charge in [0, 0.05) is 23.5 Å². The normalized spacial score (nSPS) is 11.8. The van der Waals surface area contributed by atoms with Crippen LogP contribution < -0.4 is 10.1 Å². The molecule has 110 valence electrons. The minimum absolute atomic E-state index is 0.0120. The van der Waals surface area contributed by atoms with E-state index in [9.17, 15) is 4.79 Å². The highest BCUT2D eigenvalue weighted by Crippen LogP contribution is 2.23. The number of hydrogen-bond acceptors (Lipinski definition) is 3. The molecule has 21 heavy (non-hydrogen) atoms. The van der Waals surface area contributed by atoms with Gasteiger partial charge in [-0.25, -0.2) is 0 Å². The number of aromatic nitrogens is 1. The number of carbonyl (C=O) groups excluding carboxylic acids is 1. The molecule has 0 radical (unpaired) electrons. The number of hydrogen-bond donors (Lipinski definition) is 1. The van der Waals surface area contributed by atoms with E-state index in [1.807, 2.05) is 19.1 Å². The standard InChI is InChI=1S/C16H17ClN2O2/c1-11(8-12-4-3-7-18-10-12)19-16(20)14-6-5-13(17)9-15(14)21-2/h3-7,9-11H,8H2,1-2H3,(H,19,20). The predicted molar refractivity (Wildman–Crippen MR) is 82.9 cm³/mol. The number of pyridine rings is 1. The van der Waals surface area contributed by atoms with Gasteiger partial charge in [-0.1, -0.05) is 17.7 Å². The quantitative estimate of drug-likeness (QED) is 0.923. The molecule has 0 spiro atoms. The van der Waals surface area contributed by atoms with Gasteiger partial charge in [0.15, 0.2) is 0 Å². The number of ether oxygens (including phenoxy) is 1. The van der Waals surface area contributed by atoms with Crippen LogP contribution in [0.2, 0.25) is 5.02 Å². The van der Waals surface area contributed by atoms with Crippen molar-refractivity contribution in [3.8, 4) is 5.75 Å². The zero-order valence-electron chi connectivity index (χ0n) is 12.0. The average Bonchev–Trinajstić information content (AvgIpc) is 2.47. The van der Waals surface area contributed by atoms with E-state index in [-0.39, 0.29) is 11.9 Å². The van der Waals surface area contributed by atoms with Crippen molar-refractivity contribution in [2.24, 2.45) is 0 Å². The summed E-state index contributed by atoms with van der Waals surface area (Å²) in [5.74, 6) is 0.286. The predicted octanol–water partition coefficient (Wildman–Crippen LogP) is 3.10. The summed E-state index contributed by atoms with van der Waals surface area (Å²) in [6, 6.07) is 8.81. The van der Waals surface area contributed by atoms with Gasteiger partial charge in [0.05, 0.1) is 12.7 Å². The van der Waals surface area contributed by atoms with Gasteiger partial charge in [0.2, 0.25) is 0 Å². The van der Waals surface area contributed by atoms with Crippen molar-refractivity contribution < 1.29 is 9.53 Å². The fraction of sp³-hybridized carbons (Fsp3) is 0.250. The first-order valence-corrected chi connectivity index (χ1v) is 7.01. The molecule has 1 N–H and O–H groups in total. The Hall–Kier alpha value is -2.07. The molecule has 1 atom stereocenters. The van der Waals surface area contributed by atoms with E-state index in [1.165, 1.54) is 7.11 Å². The molecule has 0 fully saturated rings. The summed E-state index contributed by atoms with van der Waals surface area (Å²) in [6.45, 7) is 1.95. The molecule has 2 rings (SSSR count). The van der Waals surface area contributed by atoms with Gasteiger partial charge < -0.3 is 10.1 Å². The number of carbonyl (C=O) groups is 1. The maximum Gasteiger partial charge on any atom is 0.255 e.